The first-order valence-corrected chi connectivity index (χ1v) is 8.74. The standard InChI is InChI=1S/C20H20N2O5/c1-21(12-10-17(24)25)16(23)9-4-11-22-19(26)14-7-2-5-13-6-3-8-15(18(13)14)20(22)27/h2-3,5-8H,4,9-12H2,1H3,(H,24,25). The number of carbonyl (C=O) groups excluding carboxylic acids is 3. The van der Waals surface area contributed by atoms with Crippen molar-refractivity contribution in [3.63, 3.8) is 0 Å². The van der Waals surface area contributed by atoms with Gasteiger partial charge in [0.2, 0.25) is 5.91 Å². The summed E-state index contributed by atoms with van der Waals surface area (Å²) in [4.78, 5) is 50.7. The molecule has 2 aromatic rings. The van der Waals surface area contributed by atoms with Crippen molar-refractivity contribution >= 4 is 34.5 Å². The minimum Gasteiger partial charge on any atom is -0.481 e. The van der Waals surface area contributed by atoms with Gasteiger partial charge in [-0.15, -0.1) is 0 Å². The Labute approximate surface area is 156 Å². The van der Waals surface area contributed by atoms with E-state index in [9.17, 15) is 19.2 Å². The van der Waals surface area contributed by atoms with Gasteiger partial charge in [-0.1, -0.05) is 24.3 Å². The molecule has 1 N–H and O–H groups in total. The second-order valence-electron chi connectivity index (χ2n) is 6.53. The third kappa shape index (κ3) is 3.67. The van der Waals surface area contributed by atoms with Crippen molar-refractivity contribution in [3.8, 4) is 0 Å². The second-order valence-corrected chi connectivity index (χ2v) is 6.53. The minimum absolute atomic E-state index is 0.119. The van der Waals surface area contributed by atoms with E-state index in [-0.39, 0.29) is 43.7 Å². The van der Waals surface area contributed by atoms with Crippen LogP contribution in [0.25, 0.3) is 10.8 Å². The molecule has 1 aliphatic rings. The Bertz CT molecular complexity index is 886. The number of hydrogen-bond donors (Lipinski definition) is 1. The third-order valence-electron chi connectivity index (χ3n) is 4.72. The summed E-state index contributed by atoms with van der Waals surface area (Å²) in [6.07, 6.45) is 0.344. The van der Waals surface area contributed by atoms with E-state index in [0.29, 0.717) is 22.9 Å². The van der Waals surface area contributed by atoms with Gasteiger partial charge < -0.3 is 10.0 Å². The van der Waals surface area contributed by atoms with Gasteiger partial charge in [-0.25, -0.2) is 0 Å². The van der Waals surface area contributed by atoms with Crippen LogP contribution in [0.1, 0.15) is 40.0 Å². The van der Waals surface area contributed by atoms with Crippen molar-refractivity contribution in [2.24, 2.45) is 0 Å². The highest BCUT2D eigenvalue weighted by Crippen LogP contribution is 2.30. The zero-order valence-electron chi connectivity index (χ0n) is 15.0. The molecule has 1 heterocycles. The number of benzene rings is 2. The normalized spacial score (nSPS) is 13.1. The minimum atomic E-state index is -0.966. The molecule has 0 saturated heterocycles. The summed E-state index contributed by atoms with van der Waals surface area (Å²) < 4.78 is 0. The van der Waals surface area contributed by atoms with Crippen LogP contribution in [-0.4, -0.2) is 58.7 Å². The lowest BCUT2D eigenvalue weighted by molar-refractivity contribution is -0.138. The second kappa shape index (κ2) is 7.57. The fourth-order valence-electron chi connectivity index (χ4n) is 3.25. The molecule has 0 bridgehead atoms. The van der Waals surface area contributed by atoms with Crippen LogP contribution in [-0.2, 0) is 9.59 Å². The lowest BCUT2D eigenvalue weighted by Crippen LogP contribution is -2.41. The van der Waals surface area contributed by atoms with E-state index in [0.717, 1.165) is 5.39 Å². The Hall–Kier alpha value is -3.22. The quantitative estimate of drug-likeness (QED) is 0.756. The summed E-state index contributed by atoms with van der Waals surface area (Å²) in [6, 6.07) is 10.7. The Kier molecular flexibility index (Phi) is 5.21. The van der Waals surface area contributed by atoms with Gasteiger partial charge in [-0.3, -0.25) is 24.1 Å². The largest absolute Gasteiger partial charge is 0.481 e. The third-order valence-corrected chi connectivity index (χ3v) is 4.72. The number of rotatable bonds is 7. The molecule has 7 heteroatoms. The van der Waals surface area contributed by atoms with E-state index in [4.69, 9.17) is 5.11 Å². The average Bonchev–Trinajstić information content (AvgIpc) is 2.66. The van der Waals surface area contributed by atoms with E-state index < -0.39 is 5.97 Å². The molecule has 0 radical (unpaired) electrons. The summed E-state index contributed by atoms with van der Waals surface area (Å²) in [5.41, 5.74) is 0.986. The van der Waals surface area contributed by atoms with E-state index in [2.05, 4.69) is 0 Å². The molecular weight excluding hydrogens is 348 g/mol. The highest BCUT2D eigenvalue weighted by atomic mass is 16.4. The molecule has 3 amide bonds. The summed E-state index contributed by atoms with van der Waals surface area (Å²) >= 11 is 0. The van der Waals surface area contributed by atoms with Crippen LogP contribution in [0.5, 0.6) is 0 Å². The zero-order chi connectivity index (χ0) is 19.6. The molecule has 1 aliphatic heterocycles. The average molecular weight is 368 g/mol. The molecule has 2 aromatic carbocycles. The van der Waals surface area contributed by atoms with Crippen molar-refractivity contribution in [2.45, 2.75) is 19.3 Å². The van der Waals surface area contributed by atoms with Gasteiger partial charge in [0.05, 0.1) is 6.42 Å². The molecular formula is C20H20N2O5. The maximum Gasteiger partial charge on any atom is 0.305 e. The molecule has 0 unspecified atom stereocenters. The van der Waals surface area contributed by atoms with Crippen LogP contribution in [0.15, 0.2) is 36.4 Å². The molecule has 140 valence electrons. The summed E-state index contributed by atoms with van der Waals surface area (Å²) in [7, 11) is 1.54. The predicted octanol–water partition coefficient (Wildman–Crippen LogP) is 2.15. The van der Waals surface area contributed by atoms with Crippen LogP contribution < -0.4 is 0 Å². The number of carbonyl (C=O) groups is 4. The van der Waals surface area contributed by atoms with Gasteiger partial charge in [0.1, 0.15) is 0 Å². The lowest BCUT2D eigenvalue weighted by atomic mass is 9.94. The highest BCUT2D eigenvalue weighted by molar-refractivity contribution is 6.25. The first-order chi connectivity index (χ1) is 12.9. The van der Waals surface area contributed by atoms with Gasteiger partial charge in [-0.2, -0.15) is 0 Å². The maximum absolute atomic E-state index is 12.7. The van der Waals surface area contributed by atoms with Crippen molar-refractivity contribution < 1.29 is 24.3 Å². The Morgan fingerprint density at radius 2 is 1.59 bits per heavy atom. The van der Waals surface area contributed by atoms with Crippen LogP contribution in [0.2, 0.25) is 0 Å². The lowest BCUT2D eigenvalue weighted by Gasteiger charge is -2.27. The fourth-order valence-corrected chi connectivity index (χ4v) is 3.25. The zero-order valence-corrected chi connectivity index (χ0v) is 15.0. The van der Waals surface area contributed by atoms with E-state index in [1.807, 2.05) is 12.1 Å². The van der Waals surface area contributed by atoms with Crippen molar-refractivity contribution in [3.05, 3.63) is 47.5 Å². The highest BCUT2D eigenvalue weighted by Gasteiger charge is 2.32. The molecule has 3 rings (SSSR count). The summed E-state index contributed by atoms with van der Waals surface area (Å²) in [6.45, 7) is 0.270. The first kappa shape index (κ1) is 18.6. The molecule has 0 fully saturated rings. The predicted molar refractivity (Wildman–Crippen MR) is 98.4 cm³/mol. The van der Waals surface area contributed by atoms with Crippen molar-refractivity contribution in [1.82, 2.24) is 9.80 Å². The van der Waals surface area contributed by atoms with Crippen molar-refractivity contribution in [2.75, 3.05) is 20.1 Å². The van der Waals surface area contributed by atoms with Gasteiger partial charge in [0.25, 0.3) is 11.8 Å². The number of amides is 3. The van der Waals surface area contributed by atoms with Crippen LogP contribution in [0.4, 0.5) is 0 Å². The van der Waals surface area contributed by atoms with E-state index >= 15 is 0 Å². The summed E-state index contributed by atoms with van der Waals surface area (Å²) in [5, 5.41) is 10.2. The first-order valence-electron chi connectivity index (χ1n) is 8.74. The molecule has 0 aliphatic carbocycles. The van der Waals surface area contributed by atoms with Gasteiger partial charge in [-0.05, 0) is 23.9 Å². The number of carboxylic acid groups (broad SMARTS) is 1. The van der Waals surface area contributed by atoms with Gasteiger partial charge in [0.15, 0.2) is 0 Å². The van der Waals surface area contributed by atoms with Crippen LogP contribution in [0, 0.1) is 0 Å². The molecule has 7 nitrogen and oxygen atoms in total. The smallest absolute Gasteiger partial charge is 0.305 e. The van der Waals surface area contributed by atoms with Crippen LogP contribution in [0.3, 0.4) is 0 Å². The monoisotopic (exact) mass is 368 g/mol. The molecule has 0 aromatic heterocycles. The number of nitrogens with zero attached hydrogens (tertiary/aromatic N) is 2. The molecule has 27 heavy (non-hydrogen) atoms. The molecule has 0 saturated carbocycles. The Morgan fingerprint density at radius 1 is 1.00 bits per heavy atom. The SMILES string of the molecule is CN(CCC(=O)O)C(=O)CCCN1C(=O)c2cccc3cccc(c23)C1=O. The van der Waals surface area contributed by atoms with E-state index in [1.165, 1.54) is 9.80 Å². The van der Waals surface area contributed by atoms with Gasteiger partial charge >= 0.3 is 5.97 Å². The van der Waals surface area contributed by atoms with Crippen LogP contribution >= 0.6 is 0 Å². The Balaban J connectivity index is 1.67. The van der Waals surface area contributed by atoms with E-state index in [1.54, 1.807) is 31.3 Å². The summed E-state index contributed by atoms with van der Waals surface area (Å²) in [5.74, 6) is -1.88. The number of imide groups is 1. The number of aliphatic carboxylic acids is 1. The number of hydrogen-bond acceptors (Lipinski definition) is 4. The molecule has 0 spiro atoms. The van der Waals surface area contributed by atoms with Gasteiger partial charge in [0, 0.05) is 43.1 Å². The maximum atomic E-state index is 12.7. The molecule has 0 atom stereocenters. The topological polar surface area (TPSA) is 95.0 Å². The Morgan fingerprint density at radius 3 is 2.15 bits per heavy atom. The van der Waals surface area contributed by atoms with Crippen molar-refractivity contribution in [1.29, 1.82) is 0 Å². The fraction of sp³-hybridized carbons (Fsp3) is 0.300. The number of carboxylic acids is 1.